The third kappa shape index (κ3) is 2.72. The molecule has 0 aliphatic carbocycles. The number of hydrogen-bond donors (Lipinski definition) is 0. The minimum atomic E-state index is 0.0954. The number of hydrogen-bond acceptors (Lipinski definition) is 4. The molecule has 4 nitrogen and oxygen atoms in total. The number of alkyl halides is 1. The summed E-state index contributed by atoms with van der Waals surface area (Å²) in [5, 5.41) is 8.12. The molecule has 1 atom stereocenters. The molecule has 0 aliphatic rings. The van der Waals surface area contributed by atoms with Gasteiger partial charge in [0.05, 0.1) is 17.0 Å². The lowest BCUT2D eigenvalue weighted by molar-refractivity contribution is 0.340. The van der Waals surface area contributed by atoms with Crippen LogP contribution in [0.5, 0.6) is 5.75 Å². The van der Waals surface area contributed by atoms with Gasteiger partial charge in [0.2, 0.25) is 5.89 Å². The zero-order valence-electron chi connectivity index (χ0n) is 10.4. The van der Waals surface area contributed by atoms with Gasteiger partial charge in [-0.3, -0.25) is 0 Å². The van der Waals surface area contributed by atoms with E-state index in [9.17, 15) is 0 Å². The number of ether oxygens (including phenoxy) is 1. The van der Waals surface area contributed by atoms with E-state index in [0.717, 1.165) is 17.7 Å². The molecule has 0 saturated carbocycles. The van der Waals surface area contributed by atoms with E-state index in [1.165, 1.54) is 0 Å². The molecular weight excluding hydrogens is 296 g/mol. The SMILES string of the molecule is CCOc1ccccc1-c1nnc(C(Br)CC)o1. The summed E-state index contributed by atoms with van der Waals surface area (Å²) in [6.45, 7) is 4.60. The van der Waals surface area contributed by atoms with Crippen molar-refractivity contribution < 1.29 is 9.15 Å². The summed E-state index contributed by atoms with van der Waals surface area (Å²) in [7, 11) is 0. The molecule has 1 heterocycles. The average molecular weight is 311 g/mol. The Balaban J connectivity index is 2.33. The first-order valence-corrected chi connectivity index (χ1v) is 6.87. The predicted octanol–water partition coefficient (Wildman–Crippen LogP) is 3.98. The van der Waals surface area contributed by atoms with E-state index >= 15 is 0 Å². The summed E-state index contributed by atoms with van der Waals surface area (Å²) in [6.07, 6.45) is 0.898. The van der Waals surface area contributed by atoms with E-state index in [1.807, 2.05) is 31.2 Å². The third-order valence-electron chi connectivity index (χ3n) is 2.48. The number of para-hydroxylation sites is 1. The van der Waals surface area contributed by atoms with Crippen LogP contribution < -0.4 is 4.74 Å². The maximum Gasteiger partial charge on any atom is 0.251 e. The first-order chi connectivity index (χ1) is 8.76. The fourth-order valence-corrected chi connectivity index (χ4v) is 1.75. The predicted molar refractivity (Wildman–Crippen MR) is 72.9 cm³/mol. The highest BCUT2D eigenvalue weighted by molar-refractivity contribution is 9.09. The van der Waals surface area contributed by atoms with Crippen LogP contribution in [0.15, 0.2) is 28.7 Å². The molecule has 0 N–H and O–H groups in total. The van der Waals surface area contributed by atoms with Gasteiger partial charge in [0.1, 0.15) is 5.75 Å². The Hall–Kier alpha value is -1.36. The van der Waals surface area contributed by atoms with Crippen LogP contribution in [-0.4, -0.2) is 16.8 Å². The summed E-state index contributed by atoms with van der Waals surface area (Å²) in [4.78, 5) is 0.0954. The lowest BCUT2D eigenvalue weighted by Gasteiger charge is -2.06. The van der Waals surface area contributed by atoms with E-state index < -0.39 is 0 Å². The molecule has 18 heavy (non-hydrogen) atoms. The van der Waals surface area contributed by atoms with Crippen LogP contribution in [-0.2, 0) is 0 Å². The molecule has 1 aromatic carbocycles. The summed E-state index contributed by atoms with van der Waals surface area (Å²) in [5.74, 6) is 1.85. The number of halogens is 1. The Morgan fingerprint density at radius 1 is 1.28 bits per heavy atom. The molecule has 0 bridgehead atoms. The van der Waals surface area contributed by atoms with Gasteiger partial charge in [-0.2, -0.15) is 0 Å². The van der Waals surface area contributed by atoms with Gasteiger partial charge in [-0.15, -0.1) is 10.2 Å². The van der Waals surface area contributed by atoms with Gasteiger partial charge in [0.25, 0.3) is 5.89 Å². The van der Waals surface area contributed by atoms with E-state index in [-0.39, 0.29) is 4.83 Å². The summed E-state index contributed by atoms with van der Waals surface area (Å²) >= 11 is 3.49. The lowest BCUT2D eigenvalue weighted by atomic mass is 10.2. The highest BCUT2D eigenvalue weighted by atomic mass is 79.9. The molecule has 0 radical (unpaired) electrons. The fraction of sp³-hybridized carbons (Fsp3) is 0.385. The first-order valence-electron chi connectivity index (χ1n) is 5.95. The topological polar surface area (TPSA) is 48.2 Å². The molecule has 0 aliphatic heterocycles. The molecule has 1 aromatic heterocycles. The molecule has 1 unspecified atom stereocenters. The normalized spacial score (nSPS) is 12.4. The second-order valence-corrected chi connectivity index (χ2v) is 4.86. The Morgan fingerprint density at radius 3 is 2.78 bits per heavy atom. The van der Waals surface area contributed by atoms with Crippen LogP contribution >= 0.6 is 15.9 Å². The second kappa shape index (κ2) is 6.00. The van der Waals surface area contributed by atoms with Gasteiger partial charge in [0.15, 0.2) is 0 Å². The number of aromatic nitrogens is 2. The molecule has 5 heteroatoms. The van der Waals surface area contributed by atoms with Crippen molar-refractivity contribution in [2.45, 2.75) is 25.1 Å². The van der Waals surface area contributed by atoms with Crippen LogP contribution in [0, 0.1) is 0 Å². The van der Waals surface area contributed by atoms with Gasteiger partial charge >= 0.3 is 0 Å². The van der Waals surface area contributed by atoms with Crippen molar-refractivity contribution in [3.8, 4) is 17.2 Å². The smallest absolute Gasteiger partial charge is 0.251 e. The monoisotopic (exact) mass is 310 g/mol. The Bertz CT molecular complexity index is 513. The second-order valence-electron chi connectivity index (χ2n) is 3.75. The molecule has 0 spiro atoms. The Kier molecular flexibility index (Phi) is 4.36. The third-order valence-corrected chi connectivity index (χ3v) is 3.52. The minimum Gasteiger partial charge on any atom is -0.493 e. The zero-order valence-corrected chi connectivity index (χ0v) is 12.0. The van der Waals surface area contributed by atoms with Crippen molar-refractivity contribution in [1.29, 1.82) is 0 Å². The number of rotatable bonds is 5. The minimum absolute atomic E-state index is 0.0954. The van der Waals surface area contributed by atoms with Crippen LogP contribution in [0.1, 0.15) is 31.0 Å². The summed E-state index contributed by atoms with van der Waals surface area (Å²) < 4.78 is 11.2. The highest BCUT2D eigenvalue weighted by Gasteiger charge is 2.16. The van der Waals surface area contributed by atoms with E-state index in [4.69, 9.17) is 9.15 Å². The van der Waals surface area contributed by atoms with Crippen LogP contribution in [0.4, 0.5) is 0 Å². The highest BCUT2D eigenvalue weighted by Crippen LogP contribution is 2.32. The van der Waals surface area contributed by atoms with Gasteiger partial charge < -0.3 is 9.15 Å². The van der Waals surface area contributed by atoms with E-state index in [2.05, 4.69) is 33.1 Å². The van der Waals surface area contributed by atoms with Crippen molar-refractivity contribution in [3.63, 3.8) is 0 Å². The number of nitrogens with zero attached hydrogens (tertiary/aromatic N) is 2. The van der Waals surface area contributed by atoms with Gasteiger partial charge in [-0.05, 0) is 25.5 Å². The van der Waals surface area contributed by atoms with E-state index in [1.54, 1.807) is 0 Å². The maximum atomic E-state index is 5.66. The quantitative estimate of drug-likeness (QED) is 0.784. The van der Waals surface area contributed by atoms with E-state index in [0.29, 0.717) is 18.4 Å². The van der Waals surface area contributed by atoms with Crippen LogP contribution in [0.25, 0.3) is 11.5 Å². The molecule has 2 rings (SSSR count). The van der Waals surface area contributed by atoms with Gasteiger partial charge in [0, 0.05) is 0 Å². The lowest BCUT2D eigenvalue weighted by Crippen LogP contribution is -1.93. The van der Waals surface area contributed by atoms with Crippen molar-refractivity contribution in [1.82, 2.24) is 10.2 Å². The first kappa shape index (κ1) is 13.1. The summed E-state index contributed by atoms with van der Waals surface area (Å²) in [5.41, 5.74) is 0.828. The summed E-state index contributed by atoms with van der Waals surface area (Å²) in [6, 6.07) is 7.66. The molecule has 0 amide bonds. The van der Waals surface area contributed by atoms with Crippen molar-refractivity contribution >= 4 is 15.9 Å². The molecule has 96 valence electrons. The molecule has 2 aromatic rings. The average Bonchev–Trinajstić information content (AvgIpc) is 2.88. The van der Waals surface area contributed by atoms with Gasteiger partial charge in [-0.25, -0.2) is 0 Å². The van der Waals surface area contributed by atoms with Crippen molar-refractivity contribution in [3.05, 3.63) is 30.2 Å². The van der Waals surface area contributed by atoms with Crippen molar-refractivity contribution in [2.75, 3.05) is 6.61 Å². The molecular formula is C13H15BrN2O2. The fourth-order valence-electron chi connectivity index (χ4n) is 1.57. The molecule has 0 fully saturated rings. The molecule has 0 saturated heterocycles. The standard InChI is InChI=1S/C13H15BrN2O2/c1-3-10(14)13-16-15-12(18-13)9-7-5-6-8-11(9)17-4-2/h5-8,10H,3-4H2,1-2H3. The Morgan fingerprint density at radius 2 is 2.06 bits per heavy atom. The number of benzene rings is 1. The van der Waals surface area contributed by atoms with Crippen molar-refractivity contribution in [2.24, 2.45) is 0 Å². The largest absolute Gasteiger partial charge is 0.493 e. The Labute approximate surface area is 114 Å². The maximum absolute atomic E-state index is 5.66. The van der Waals surface area contributed by atoms with Crippen LogP contribution in [0.2, 0.25) is 0 Å². The van der Waals surface area contributed by atoms with Crippen LogP contribution in [0.3, 0.4) is 0 Å². The zero-order chi connectivity index (χ0) is 13.0. The van der Waals surface area contributed by atoms with Gasteiger partial charge in [-0.1, -0.05) is 35.0 Å².